The molecular weight excluding hydrogens is 158 g/mol. The second-order valence-corrected chi connectivity index (χ2v) is 2.82. The monoisotopic (exact) mass is 173 g/mol. The van der Waals surface area contributed by atoms with Crippen LogP contribution in [-0.2, 0) is 0 Å². The summed E-state index contributed by atoms with van der Waals surface area (Å²) >= 11 is 0. The van der Waals surface area contributed by atoms with Gasteiger partial charge in [-0.25, -0.2) is 0 Å². The average Bonchev–Trinajstić information content (AvgIpc) is 2.19. The Morgan fingerprint density at radius 1 is 1.00 bits per heavy atom. The minimum atomic E-state index is 0.857. The highest BCUT2D eigenvalue weighted by Gasteiger charge is 2.13. The Morgan fingerprint density at radius 3 is 2.00 bits per heavy atom. The summed E-state index contributed by atoms with van der Waals surface area (Å²) in [5.74, 6) is 0. The van der Waals surface area contributed by atoms with Crippen molar-refractivity contribution in [2.45, 2.75) is 0 Å². The molecule has 0 aliphatic heterocycles. The molecular formula is C12H15N+. The van der Waals surface area contributed by atoms with Crippen molar-refractivity contribution in [2.24, 2.45) is 0 Å². The predicted octanol–water partition coefficient (Wildman–Crippen LogP) is 2.83. The predicted molar refractivity (Wildman–Crippen MR) is 58.4 cm³/mol. The summed E-state index contributed by atoms with van der Waals surface area (Å²) in [6.45, 7) is 9.18. The lowest BCUT2D eigenvalue weighted by atomic mass is 10.3. The Kier molecular flexibility index (Phi) is 4.00. The van der Waals surface area contributed by atoms with E-state index in [0.29, 0.717) is 0 Å². The molecule has 0 N–H and O–H groups in total. The smallest absolute Gasteiger partial charge is 0.127 e. The molecule has 1 nitrogen and oxygen atoms in total. The molecule has 0 aliphatic carbocycles. The van der Waals surface area contributed by atoms with E-state index >= 15 is 0 Å². The van der Waals surface area contributed by atoms with Gasteiger partial charge in [0.1, 0.15) is 13.1 Å². The first-order valence-electron chi connectivity index (χ1n) is 4.40. The maximum atomic E-state index is 3.73. The van der Waals surface area contributed by atoms with Gasteiger partial charge in [0, 0.05) is 12.1 Å². The van der Waals surface area contributed by atoms with Crippen LogP contribution >= 0.6 is 0 Å². The van der Waals surface area contributed by atoms with Crippen LogP contribution in [0.3, 0.4) is 0 Å². The Labute approximate surface area is 80.0 Å². The van der Waals surface area contributed by atoms with Crippen molar-refractivity contribution in [1.29, 1.82) is 0 Å². The molecule has 0 aliphatic rings. The fourth-order valence-corrected chi connectivity index (χ4v) is 1.24. The van der Waals surface area contributed by atoms with Crippen molar-refractivity contribution in [1.82, 2.24) is 4.90 Å². The molecule has 0 bridgehead atoms. The van der Waals surface area contributed by atoms with Gasteiger partial charge >= 0.3 is 0 Å². The van der Waals surface area contributed by atoms with Gasteiger partial charge in [-0.3, -0.25) is 0 Å². The molecule has 0 saturated heterocycles. The van der Waals surface area contributed by atoms with Gasteiger partial charge in [-0.1, -0.05) is 31.4 Å². The zero-order valence-electron chi connectivity index (χ0n) is 7.82. The van der Waals surface area contributed by atoms with E-state index < -0.39 is 0 Å². The van der Waals surface area contributed by atoms with Crippen molar-refractivity contribution < 1.29 is 0 Å². The van der Waals surface area contributed by atoms with E-state index in [-0.39, 0.29) is 0 Å². The second kappa shape index (κ2) is 5.33. The molecule has 0 spiro atoms. The number of para-hydroxylation sites is 1. The Bertz CT molecular complexity index is 254. The van der Waals surface area contributed by atoms with Gasteiger partial charge in [-0.15, -0.1) is 4.90 Å². The van der Waals surface area contributed by atoms with E-state index in [1.807, 2.05) is 30.4 Å². The second-order valence-electron chi connectivity index (χ2n) is 2.82. The van der Waals surface area contributed by atoms with Gasteiger partial charge in [-0.2, -0.15) is 0 Å². The summed E-state index contributed by atoms with van der Waals surface area (Å²) in [6, 6.07) is 10.3. The highest BCUT2D eigenvalue weighted by atomic mass is 15.1. The van der Waals surface area contributed by atoms with Gasteiger partial charge in [0.2, 0.25) is 0 Å². The molecule has 1 heteroatoms. The van der Waals surface area contributed by atoms with Crippen molar-refractivity contribution >= 4 is 5.69 Å². The van der Waals surface area contributed by atoms with Crippen molar-refractivity contribution in [2.75, 3.05) is 13.1 Å². The molecule has 67 valence electrons. The summed E-state index contributed by atoms with van der Waals surface area (Å²) < 4.78 is 0. The topological polar surface area (TPSA) is 5.90 Å². The molecule has 0 heterocycles. The van der Waals surface area contributed by atoms with E-state index in [1.54, 1.807) is 0 Å². The van der Waals surface area contributed by atoms with Crippen LogP contribution in [0.2, 0.25) is 0 Å². The van der Waals surface area contributed by atoms with Gasteiger partial charge in [0.05, 0.1) is 0 Å². The number of anilines is 1. The van der Waals surface area contributed by atoms with E-state index in [4.69, 9.17) is 0 Å². The summed E-state index contributed by atoms with van der Waals surface area (Å²) in [5, 5.41) is 0. The molecule has 0 aromatic heterocycles. The van der Waals surface area contributed by atoms with Crippen LogP contribution in [0, 0.1) is 0 Å². The van der Waals surface area contributed by atoms with Crippen molar-refractivity contribution in [3.63, 3.8) is 0 Å². The molecule has 0 atom stereocenters. The third-order valence-electron chi connectivity index (χ3n) is 1.82. The minimum Gasteiger partial charge on any atom is -0.127 e. The van der Waals surface area contributed by atoms with E-state index in [2.05, 4.69) is 30.2 Å². The minimum absolute atomic E-state index is 0.857. The lowest BCUT2D eigenvalue weighted by molar-refractivity contribution is 0.640. The third kappa shape index (κ3) is 2.88. The van der Waals surface area contributed by atoms with Gasteiger partial charge < -0.3 is 0 Å². The van der Waals surface area contributed by atoms with Gasteiger partial charge in [-0.05, 0) is 12.2 Å². The van der Waals surface area contributed by atoms with Crippen LogP contribution < -0.4 is 4.90 Å². The first-order valence-corrected chi connectivity index (χ1v) is 4.40. The molecule has 1 radical (unpaired) electrons. The van der Waals surface area contributed by atoms with Crippen LogP contribution in [0.15, 0.2) is 55.6 Å². The summed E-state index contributed by atoms with van der Waals surface area (Å²) in [6.07, 6.45) is 3.80. The number of benzene rings is 1. The fraction of sp³-hybridized carbons (Fsp3) is 0.167. The highest BCUT2D eigenvalue weighted by molar-refractivity contribution is 5.38. The van der Waals surface area contributed by atoms with Crippen LogP contribution in [0.1, 0.15) is 0 Å². The highest BCUT2D eigenvalue weighted by Crippen LogP contribution is 2.11. The van der Waals surface area contributed by atoms with Crippen LogP contribution in [0.5, 0.6) is 0 Å². The zero-order valence-corrected chi connectivity index (χ0v) is 7.82. The van der Waals surface area contributed by atoms with E-state index in [1.165, 1.54) is 5.69 Å². The molecule has 0 fully saturated rings. The Morgan fingerprint density at radius 2 is 1.54 bits per heavy atom. The van der Waals surface area contributed by atoms with Crippen LogP contribution in [-0.4, -0.2) is 13.1 Å². The first kappa shape index (κ1) is 9.75. The summed E-state index contributed by atoms with van der Waals surface area (Å²) in [4.78, 5) is 2.21. The SMILES string of the molecule is C=CC[N+](CC=C)c1ccccc1. The number of nitrogens with zero attached hydrogens (tertiary/aromatic N) is 1. The summed E-state index contributed by atoms with van der Waals surface area (Å²) in [7, 11) is 0. The lowest BCUT2D eigenvalue weighted by Crippen LogP contribution is -2.24. The van der Waals surface area contributed by atoms with Crippen molar-refractivity contribution in [3.05, 3.63) is 55.6 Å². The largest absolute Gasteiger partial charge is 0.181 e. The number of hydrogen-bond donors (Lipinski definition) is 0. The van der Waals surface area contributed by atoms with Crippen LogP contribution in [0.4, 0.5) is 5.69 Å². The van der Waals surface area contributed by atoms with Gasteiger partial charge in [0.15, 0.2) is 5.69 Å². The molecule has 1 aromatic rings. The van der Waals surface area contributed by atoms with Crippen LogP contribution in [0.25, 0.3) is 0 Å². The Balaban J connectivity index is 2.75. The zero-order chi connectivity index (χ0) is 9.52. The molecule has 13 heavy (non-hydrogen) atoms. The Hall–Kier alpha value is -1.34. The molecule has 1 aromatic carbocycles. The molecule has 0 saturated carbocycles. The number of rotatable bonds is 5. The number of hydrogen-bond acceptors (Lipinski definition) is 1. The first-order chi connectivity index (χ1) is 6.38. The molecule has 0 amide bonds. The lowest BCUT2D eigenvalue weighted by Gasteiger charge is -2.06. The van der Waals surface area contributed by atoms with Gasteiger partial charge in [0.25, 0.3) is 0 Å². The normalized spacial score (nSPS) is 9.92. The quantitative estimate of drug-likeness (QED) is 0.477. The van der Waals surface area contributed by atoms with Crippen molar-refractivity contribution in [3.8, 4) is 0 Å². The standard InChI is InChI=1S/C12H15N/c1-3-10-13(11-4-2)12-8-6-5-7-9-12/h3-9H,1-2,10-11H2/q+1. The van der Waals surface area contributed by atoms with E-state index in [0.717, 1.165) is 13.1 Å². The van der Waals surface area contributed by atoms with E-state index in [9.17, 15) is 0 Å². The average molecular weight is 173 g/mol. The maximum Gasteiger partial charge on any atom is 0.181 e. The fourth-order valence-electron chi connectivity index (χ4n) is 1.24. The third-order valence-corrected chi connectivity index (χ3v) is 1.82. The molecule has 1 rings (SSSR count). The summed E-state index contributed by atoms with van der Waals surface area (Å²) in [5.41, 5.74) is 1.21. The maximum absolute atomic E-state index is 3.73. The molecule has 0 unspecified atom stereocenters.